The van der Waals surface area contributed by atoms with Crippen molar-refractivity contribution in [2.75, 3.05) is 0 Å². The van der Waals surface area contributed by atoms with Gasteiger partial charge in [-0.2, -0.15) is 0 Å². The van der Waals surface area contributed by atoms with E-state index in [9.17, 15) is 24.5 Å². The van der Waals surface area contributed by atoms with Crippen molar-refractivity contribution in [2.45, 2.75) is 0 Å². The maximum absolute atomic E-state index is 12.1. The van der Waals surface area contributed by atoms with Crippen LogP contribution in [0.25, 0.3) is 12.2 Å². The number of carbonyl (C=O) groups excluding carboxylic acids is 1. The molecule has 0 amide bonds. The highest BCUT2D eigenvalue weighted by molar-refractivity contribution is 6.30. The van der Waals surface area contributed by atoms with E-state index in [4.69, 9.17) is 16.3 Å². The van der Waals surface area contributed by atoms with Gasteiger partial charge in [0.15, 0.2) is 0 Å². The summed E-state index contributed by atoms with van der Waals surface area (Å²) in [6.45, 7) is 0. The number of nitrogens with one attached hydrogen (secondary N) is 2. The Bertz CT molecular complexity index is 1210. The number of rotatable bonds is 5. The number of aromatic amines is 2. The summed E-state index contributed by atoms with van der Waals surface area (Å²) in [5, 5.41) is 11.5. The van der Waals surface area contributed by atoms with E-state index < -0.39 is 27.8 Å². The molecule has 1 aromatic heterocycles. The lowest BCUT2D eigenvalue weighted by Crippen LogP contribution is -2.25. The zero-order valence-corrected chi connectivity index (χ0v) is 15.3. The van der Waals surface area contributed by atoms with Gasteiger partial charge in [0.05, 0.1) is 10.5 Å². The van der Waals surface area contributed by atoms with Crippen LogP contribution in [0.3, 0.4) is 0 Å². The molecule has 0 saturated heterocycles. The average molecular weight is 414 g/mol. The Morgan fingerprint density at radius 2 is 1.66 bits per heavy atom. The molecular weight excluding hydrogens is 402 g/mol. The monoisotopic (exact) mass is 413 g/mol. The van der Waals surface area contributed by atoms with E-state index in [1.807, 2.05) is 0 Å². The zero-order valence-electron chi connectivity index (χ0n) is 14.5. The molecule has 0 spiro atoms. The Hall–Kier alpha value is -3.98. The van der Waals surface area contributed by atoms with Gasteiger partial charge in [0, 0.05) is 5.02 Å². The summed E-state index contributed by atoms with van der Waals surface area (Å²) in [5.41, 5.74) is -2.03. The summed E-state index contributed by atoms with van der Waals surface area (Å²) in [4.78, 5) is 49.2. The largest absolute Gasteiger partial charge is 0.423 e. The number of hydrogen-bond acceptors (Lipinski definition) is 6. The number of hydrogen-bond donors (Lipinski definition) is 2. The van der Waals surface area contributed by atoms with Crippen LogP contribution in [0.4, 0.5) is 5.69 Å². The molecule has 3 aromatic rings. The van der Waals surface area contributed by atoms with Crippen molar-refractivity contribution in [3.05, 3.63) is 101 Å². The van der Waals surface area contributed by atoms with E-state index in [1.165, 1.54) is 36.4 Å². The fourth-order valence-electron chi connectivity index (χ4n) is 2.38. The summed E-state index contributed by atoms with van der Waals surface area (Å²) >= 11 is 5.78. The SMILES string of the molecule is O=C(Oc1ccc(/C=C/c2[nH]c(=O)[nH]c(=O)c2[N+](=O)[O-])cc1)c1ccc(Cl)cc1. The number of esters is 1. The molecule has 2 aromatic carbocycles. The first kappa shape index (κ1) is 19.8. The van der Waals surface area contributed by atoms with Gasteiger partial charge in [0.2, 0.25) is 0 Å². The Morgan fingerprint density at radius 1 is 1.00 bits per heavy atom. The van der Waals surface area contributed by atoms with E-state index in [0.717, 1.165) is 0 Å². The Morgan fingerprint density at radius 3 is 2.28 bits per heavy atom. The Balaban J connectivity index is 1.77. The van der Waals surface area contributed by atoms with Crippen molar-refractivity contribution >= 4 is 35.4 Å². The van der Waals surface area contributed by atoms with Crippen LogP contribution in [0, 0.1) is 10.1 Å². The third-order valence-electron chi connectivity index (χ3n) is 3.74. The van der Waals surface area contributed by atoms with Gasteiger partial charge in [-0.15, -0.1) is 0 Å². The molecule has 0 atom stereocenters. The fraction of sp³-hybridized carbons (Fsp3) is 0. The minimum absolute atomic E-state index is 0.234. The number of nitrogens with zero attached hydrogens (tertiary/aromatic N) is 1. The molecule has 0 saturated carbocycles. The van der Waals surface area contributed by atoms with E-state index >= 15 is 0 Å². The second kappa shape index (κ2) is 8.36. The van der Waals surface area contributed by atoms with Crippen LogP contribution in [0.1, 0.15) is 21.6 Å². The van der Waals surface area contributed by atoms with Gasteiger partial charge in [0.25, 0.3) is 0 Å². The number of halogens is 1. The minimum atomic E-state index is -1.09. The van der Waals surface area contributed by atoms with Crippen molar-refractivity contribution in [1.82, 2.24) is 9.97 Å². The number of ether oxygens (including phenoxy) is 1. The van der Waals surface area contributed by atoms with Crippen LogP contribution in [0.15, 0.2) is 58.1 Å². The summed E-state index contributed by atoms with van der Waals surface area (Å²) in [5.74, 6) is -0.265. The fourth-order valence-corrected chi connectivity index (χ4v) is 2.50. The van der Waals surface area contributed by atoms with Crippen LogP contribution in [-0.4, -0.2) is 20.9 Å². The predicted molar refractivity (Wildman–Crippen MR) is 106 cm³/mol. The van der Waals surface area contributed by atoms with Gasteiger partial charge in [-0.3, -0.25) is 19.9 Å². The van der Waals surface area contributed by atoms with Gasteiger partial charge >= 0.3 is 22.9 Å². The van der Waals surface area contributed by atoms with Crippen LogP contribution in [0.2, 0.25) is 5.02 Å². The number of nitro groups is 1. The van der Waals surface area contributed by atoms with Gasteiger partial charge in [-0.1, -0.05) is 29.8 Å². The Labute approximate surface area is 167 Å². The maximum atomic E-state index is 12.1. The van der Waals surface area contributed by atoms with E-state index in [-0.39, 0.29) is 11.4 Å². The molecule has 146 valence electrons. The molecule has 0 aliphatic carbocycles. The van der Waals surface area contributed by atoms with Crippen LogP contribution in [-0.2, 0) is 0 Å². The minimum Gasteiger partial charge on any atom is -0.423 e. The standard InChI is InChI=1S/C19H12ClN3O6/c20-13-6-4-12(5-7-13)18(25)29-14-8-1-11(2-9-14)3-10-15-16(23(27)28)17(24)22-19(26)21-15/h1-10H,(H2,21,22,24,26)/b10-3+. The first-order chi connectivity index (χ1) is 13.8. The molecule has 0 unspecified atom stereocenters. The summed E-state index contributed by atoms with van der Waals surface area (Å²) in [6.07, 6.45) is 2.70. The smallest absolute Gasteiger partial charge is 0.357 e. The molecule has 0 aliphatic heterocycles. The Kier molecular flexibility index (Phi) is 5.70. The van der Waals surface area contributed by atoms with Gasteiger partial charge in [0.1, 0.15) is 11.4 Å². The van der Waals surface area contributed by atoms with Crippen LogP contribution < -0.4 is 16.0 Å². The molecule has 0 fully saturated rings. The highest BCUT2D eigenvalue weighted by Gasteiger charge is 2.18. The van der Waals surface area contributed by atoms with Gasteiger partial charge in [-0.05, 0) is 48.0 Å². The van der Waals surface area contributed by atoms with E-state index in [2.05, 4.69) is 4.98 Å². The highest BCUT2D eigenvalue weighted by atomic mass is 35.5. The number of H-pyrrole nitrogens is 2. The first-order valence-electron chi connectivity index (χ1n) is 8.10. The molecule has 3 rings (SSSR count). The van der Waals surface area contributed by atoms with Crippen molar-refractivity contribution in [2.24, 2.45) is 0 Å². The summed E-state index contributed by atoms with van der Waals surface area (Å²) in [6, 6.07) is 12.5. The lowest BCUT2D eigenvalue weighted by atomic mass is 10.2. The van der Waals surface area contributed by atoms with Crippen LogP contribution in [0.5, 0.6) is 5.75 Å². The lowest BCUT2D eigenvalue weighted by molar-refractivity contribution is -0.386. The van der Waals surface area contributed by atoms with Gasteiger partial charge < -0.3 is 9.72 Å². The molecule has 2 N–H and O–H groups in total. The van der Waals surface area contributed by atoms with Gasteiger partial charge in [-0.25, -0.2) is 9.59 Å². The second-order valence-electron chi connectivity index (χ2n) is 5.73. The highest BCUT2D eigenvalue weighted by Crippen LogP contribution is 2.18. The molecule has 0 bridgehead atoms. The molecule has 0 radical (unpaired) electrons. The predicted octanol–water partition coefficient (Wildman–Crippen LogP) is 3.01. The maximum Gasteiger partial charge on any atom is 0.357 e. The zero-order chi connectivity index (χ0) is 21.0. The topological polar surface area (TPSA) is 135 Å². The molecular formula is C19H12ClN3O6. The second-order valence-corrected chi connectivity index (χ2v) is 6.16. The summed E-state index contributed by atoms with van der Waals surface area (Å²) in [7, 11) is 0. The third kappa shape index (κ3) is 4.85. The van der Waals surface area contributed by atoms with E-state index in [0.29, 0.717) is 16.1 Å². The van der Waals surface area contributed by atoms with Crippen molar-refractivity contribution in [3.8, 4) is 5.75 Å². The number of aromatic nitrogens is 2. The normalized spacial score (nSPS) is 10.8. The average Bonchev–Trinajstić information content (AvgIpc) is 2.67. The quantitative estimate of drug-likeness (QED) is 0.285. The third-order valence-corrected chi connectivity index (χ3v) is 3.99. The molecule has 1 heterocycles. The molecule has 0 aliphatic rings. The molecule has 29 heavy (non-hydrogen) atoms. The summed E-state index contributed by atoms with van der Waals surface area (Å²) < 4.78 is 5.25. The molecule has 10 heteroatoms. The lowest BCUT2D eigenvalue weighted by Gasteiger charge is -2.05. The van der Waals surface area contributed by atoms with E-state index in [1.54, 1.807) is 29.2 Å². The van der Waals surface area contributed by atoms with Crippen molar-refractivity contribution in [1.29, 1.82) is 0 Å². The van der Waals surface area contributed by atoms with Crippen LogP contribution >= 0.6 is 11.6 Å². The van der Waals surface area contributed by atoms with Crippen molar-refractivity contribution in [3.63, 3.8) is 0 Å². The molecule has 9 nitrogen and oxygen atoms in total. The number of carbonyl (C=O) groups is 1. The first-order valence-corrected chi connectivity index (χ1v) is 8.48. The van der Waals surface area contributed by atoms with Crippen molar-refractivity contribution < 1.29 is 14.5 Å². The number of benzene rings is 2.